The van der Waals surface area contributed by atoms with Crippen LogP contribution >= 0.6 is 27.5 Å². The number of benzene rings is 1. The van der Waals surface area contributed by atoms with Crippen molar-refractivity contribution < 1.29 is 9.53 Å². The second-order valence-corrected chi connectivity index (χ2v) is 5.07. The lowest BCUT2D eigenvalue weighted by molar-refractivity contribution is 0.0944. The van der Waals surface area contributed by atoms with Crippen LogP contribution in [0.15, 0.2) is 18.2 Å². The number of rotatable bonds is 7. The first-order chi connectivity index (χ1) is 8.65. The van der Waals surface area contributed by atoms with Gasteiger partial charge in [0.2, 0.25) is 0 Å². The summed E-state index contributed by atoms with van der Waals surface area (Å²) in [5, 5.41) is 4.36. The van der Waals surface area contributed by atoms with Crippen LogP contribution in [0.4, 0.5) is 0 Å². The quantitative estimate of drug-likeness (QED) is 0.614. The number of ether oxygens (including phenoxy) is 1. The number of aryl methyl sites for hydroxylation is 1. The molecule has 18 heavy (non-hydrogen) atoms. The minimum atomic E-state index is -0.0738. The minimum Gasteiger partial charge on any atom is -0.381 e. The summed E-state index contributed by atoms with van der Waals surface area (Å²) in [5.41, 5.74) is 1.54. The Morgan fingerprint density at radius 3 is 2.89 bits per heavy atom. The number of carbonyl (C=O) groups excluding carboxylic acids is 1. The van der Waals surface area contributed by atoms with E-state index in [0.717, 1.165) is 17.3 Å². The monoisotopic (exact) mass is 333 g/mol. The van der Waals surface area contributed by atoms with Gasteiger partial charge in [0.15, 0.2) is 0 Å². The molecule has 0 heterocycles. The van der Waals surface area contributed by atoms with Crippen molar-refractivity contribution in [1.29, 1.82) is 0 Å². The number of hydrogen-bond acceptors (Lipinski definition) is 2. The molecule has 1 rings (SSSR count). The molecule has 0 radical (unpaired) electrons. The van der Waals surface area contributed by atoms with Crippen molar-refractivity contribution in [3.63, 3.8) is 0 Å². The second kappa shape index (κ2) is 8.51. The van der Waals surface area contributed by atoms with Gasteiger partial charge in [-0.3, -0.25) is 4.79 Å². The maximum Gasteiger partial charge on any atom is 0.251 e. The third-order valence-electron chi connectivity index (χ3n) is 2.39. The van der Waals surface area contributed by atoms with Gasteiger partial charge in [0.1, 0.15) is 0 Å². The zero-order valence-electron chi connectivity index (χ0n) is 10.3. The first-order valence-electron chi connectivity index (χ1n) is 5.83. The third-order valence-corrected chi connectivity index (χ3v) is 3.14. The highest BCUT2D eigenvalue weighted by Gasteiger charge is 2.06. The van der Waals surface area contributed by atoms with Crippen LogP contribution in [0, 0.1) is 6.92 Å². The van der Waals surface area contributed by atoms with Gasteiger partial charge in [-0.25, -0.2) is 0 Å². The standard InChI is InChI=1S/C13H17BrClNO2/c1-10-9-11(3-4-12(10)15)13(17)16-6-2-7-18-8-5-14/h3-4,9H,2,5-8H2,1H3,(H,16,17). The number of nitrogens with one attached hydrogen (secondary N) is 1. The van der Waals surface area contributed by atoms with E-state index in [9.17, 15) is 4.79 Å². The van der Waals surface area contributed by atoms with Crippen LogP contribution in [0.5, 0.6) is 0 Å². The summed E-state index contributed by atoms with van der Waals surface area (Å²) in [4.78, 5) is 11.8. The lowest BCUT2D eigenvalue weighted by atomic mass is 10.1. The van der Waals surface area contributed by atoms with Crippen molar-refractivity contribution in [2.45, 2.75) is 13.3 Å². The van der Waals surface area contributed by atoms with Gasteiger partial charge in [-0.15, -0.1) is 0 Å². The van der Waals surface area contributed by atoms with Crippen molar-refractivity contribution in [1.82, 2.24) is 5.32 Å². The largest absolute Gasteiger partial charge is 0.381 e. The highest BCUT2D eigenvalue weighted by atomic mass is 79.9. The molecule has 1 aromatic rings. The van der Waals surface area contributed by atoms with Crippen molar-refractivity contribution in [3.8, 4) is 0 Å². The molecule has 0 aliphatic heterocycles. The number of amides is 1. The highest BCUT2D eigenvalue weighted by molar-refractivity contribution is 9.09. The van der Waals surface area contributed by atoms with Crippen LogP contribution in [-0.2, 0) is 4.74 Å². The Labute approximate surface area is 121 Å². The molecule has 3 nitrogen and oxygen atoms in total. The van der Waals surface area contributed by atoms with Gasteiger partial charge in [-0.2, -0.15) is 0 Å². The molecular formula is C13H17BrClNO2. The molecule has 1 amide bonds. The van der Waals surface area contributed by atoms with E-state index in [0.29, 0.717) is 30.3 Å². The Morgan fingerprint density at radius 1 is 1.44 bits per heavy atom. The van der Waals surface area contributed by atoms with Crippen LogP contribution in [0.3, 0.4) is 0 Å². The fraction of sp³-hybridized carbons (Fsp3) is 0.462. The molecule has 0 aliphatic carbocycles. The summed E-state index contributed by atoms with van der Waals surface area (Å²) in [6.45, 7) is 3.85. The smallest absolute Gasteiger partial charge is 0.251 e. The zero-order chi connectivity index (χ0) is 13.4. The number of carbonyl (C=O) groups is 1. The SMILES string of the molecule is Cc1cc(C(=O)NCCCOCCBr)ccc1Cl. The predicted molar refractivity (Wildman–Crippen MR) is 77.8 cm³/mol. The molecular weight excluding hydrogens is 318 g/mol. The van der Waals surface area contributed by atoms with E-state index in [4.69, 9.17) is 16.3 Å². The molecule has 0 saturated heterocycles. The van der Waals surface area contributed by atoms with E-state index >= 15 is 0 Å². The van der Waals surface area contributed by atoms with Crippen LogP contribution in [-0.4, -0.2) is 31.0 Å². The molecule has 1 aromatic carbocycles. The van der Waals surface area contributed by atoms with Crippen molar-refractivity contribution in [2.24, 2.45) is 0 Å². The van der Waals surface area contributed by atoms with Crippen LogP contribution < -0.4 is 5.32 Å². The first kappa shape index (κ1) is 15.5. The van der Waals surface area contributed by atoms with E-state index in [1.807, 2.05) is 6.92 Å². The van der Waals surface area contributed by atoms with Gasteiger partial charge in [0.25, 0.3) is 5.91 Å². The topological polar surface area (TPSA) is 38.3 Å². The molecule has 0 bridgehead atoms. The fourth-order valence-electron chi connectivity index (χ4n) is 1.42. The molecule has 100 valence electrons. The molecule has 5 heteroatoms. The molecule has 0 atom stereocenters. The van der Waals surface area contributed by atoms with E-state index in [-0.39, 0.29) is 5.91 Å². The van der Waals surface area contributed by atoms with E-state index in [1.54, 1.807) is 18.2 Å². The highest BCUT2D eigenvalue weighted by Crippen LogP contribution is 2.16. The van der Waals surface area contributed by atoms with Gasteiger partial charge in [0.05, 0.1) is 6.61 Å². The Kier molecular flexibility index (Phi) is 7.32. The predicted octanol–water partition coefficient (Wildman–Crippen LogP) is 3.18. The van der Waals surface area contributed by atoms with Gasteiger partial charge < -0.3 is 10.1 Å². The van der Waals surface area contributed by atoms with Crippen LogP contribution in [0.25, 0.3) is 0 Å². The maximum atomic E-state index is 11.8. The van der Waals surface area contributed by atoms with Crippen molar-refractivity contribution in [2.75, 3.05) is 25.1 Å². The summed E-state index contributed by atoms with van der Waals surface area (Å²) < 4.78 is 5.29. The molecule has 0 saturated carbocycles. The van der Waals surface area contributed by atoms with Crippen molar-refractivity contribution >= 4 is 33.4 Å². The number of hydrogen-bond donors (Lipinski definition) is 1. The normalized spacial score (nSPS) is 10.4. The third kappa shape index (κ3) is 5.38. The summed E-state index contributed by atoms with van der Waals surface area (Å²) in [7, 11) is 0. The molecule has 0 spiro atoms. The van der Waals surface area contributed by atoms with E-state index in [2.05, 4.69) is 21.2 Å². The zero-order valence-corrected chi connectivity index (χ0v) is 12.7. The fourth-order valence-corrected chi connectivity index (χ4v) is 1.77. The maximum absolute atomic E-state index is 11.8. The summed E-state index contributed by atoms with van der Waals surface area (Å²) in [6.07, 6.45) is 0.811. The first-order valence-corrected chi connectivity index (χ1v) is 7.33. The molecule has 1 N–H and O–H groups in total. The van der Waals surface area contributed by atoms with E-state index < -0.39 is 0 Å². The summed E-state index contributed by atoms with van der Waals surface area (Å²) in [5.74, 6) is -0.0738. The van der Waals surface area contributed by atoms with Crippen LogP contribution in [0.1, 0.15) is 22.3 Å². The second-order valence-electron chi connectivity index (χ2n) is 3.87. The van der Waals surface area contributed by atoms with Gasteiger partial charge in [-0.05, 0) is 37.1 Å². The molecule has 0 aliphatic rings. The van der Waals surface area contributed by atoms with Gasteiger partial charge in [0, 0.05) is 29.1 Å². The van der Waals surface area contributed by atoms with Crippen molar-refractivity contribution in [3.05, 3.63) is 34.3 Å². The average molecular weight is 335 g/mol. The van der Waals surface area contributed by atoms with E-state index in [1.165, 1.54) is 0 Å². The average Bonchev–Trinajstić information content (AvgIpc) is 2.36. The van der Waals surface area contributed by atoms with Gasteiger partial charge in [-0.1, -0.05) is 27.5 Å². The molecule has 0 aromatic heterocycles. The Bertz CT molecular complexity index is 399. The summed E-state index contributed by atoms with van der Waals surface area (Å²) >= 11 is 9.19. The lowest BCUT2D eigenvalue weighted by Crippen LogP contribution is -2.25. The number of halogens is 2. The summed E-state index contributed by atoms with van der Waals surface area (Å²) in [6, 6.07) is 5.26. The molecule has 0 unspecified atom stereocenters. The lowest BCUT2D eigenvalue weighted by Gasteiger charge is -2.07. The van der Waals surface area contributed by atoms with Gasteiger partial charge >= 0.3 is 0 Å². The Morgan fingerprint density at radius 2 is 2.22 bits per heavy atom. The minimum absolute atomic E-state index is 0.0738. The van der Waals surface area contributed by atoms with Crippen LogP contribution in [0.2, 0.25) is 5.02 Å². The Hall–Kier alpha value is -0.580. The number of alkyl halides is 1. The molecule has 0 fully saturated rings. The Balaban J connectivity index is 2.30.